The van der Waals surface area contributed by atoms with Crippen LogP contribution in [0.1, 0.15) is 12.0 Å². The third-order valence-electron chi connectivity index (χ3n) is 2.83. The van der Waals surface area contributed by atoms with Crippen molar-refractivity contribution in [3.63, 3.8) is 0 Å². The average molecular weight is 411 g/mol. The number of hydrazone groups is 1. The number of carbonyl (C=O) groups excluding carboxylic acids is 2. The van der Waals surface area contributed by atoms with E-state index < -0.39 is 11.8 Å². The number of rotatable bonds is 5. The summed E-state index contributed by atoms with van der Waals surface area (Å²) in [7, 11) is 0. The number of hydrogen-bond acceptors (Lipinski definition) is 4. The zero-order chi connectivity index (χ0) is 17.5. The van der Waals surface area contributed by atoms with Gasteiger partial charge in [0.05, 0.1) is 6.21 Å². The maximum Gasteiger partial charge on any atom is 0.249 e. The summed E-state index contributed by atoms with van der Waals surface area (Å²) < 4.78 is 0.760. The third-order valence-corrected chi connectivity index (χ3v) is 3.58. The van der Waals surface area contributed by atoms with Crippen LogP contribution < -0.4 is 10.7 Å². The second-order valence-electron chi connectivity index (χ2n) is 4.73. The first-order valence-electron chi connectivity index (χ1n) is 6.80. The summed E-state index contributed by atoms with van der Waals surface area (Å²) in [6, 6.07) is 11.3. The fraction of sp³-hybridized carbons (Fsp3) is 0.0625. The summed E-state index contributed by atoms with van der Waals surface area (Å²) in [4.78, 5) is 23.4. The zero-order valence-corrected chi connectivity index (χ0v) is 14.6. The number of nitrogens with one attached hydrogen (secondary N) is 2. The lowest BCUT2D eigenvalue weighted by Crippen LogP contribution is -2.24. The van der Waals surface area contributed by atoms with Crippen LogP contribution in [0.5, 0.6) is 5.75 Å². The molecule has 0 aliphatic heterocycles. The number of hydrogen-bond donors (Lipinski definition) is 3. The highest BCUT2D eigenvalue weighted by molar-refractivity contribution is 9.10. The fourth-order valence-electron chi connectivity index (χ4n) is 1.73. The van der Waals surface area contributed by atoms with Crippen molar-refractivity contribution in [1.29, 1.82) is 0 Å². The molecule has 0 saturated carbocycles. The van der Waals surface area contributed by atoms with Crippen LogP contribution in [0, 0.1) is 0 Å². The Balaban J connectivity index is 1.84. The van der Waals surface area contributed by atoms with Crippen molar-refractivity contribution in [3.8, 4) is 5.75 Å². The molecule has 2 aromatic rings. The Labute approximate surface area is 151 Å². The molecule has 0 saturated heterocycles. The van der Waals surface area contributed by atoms with Crippen molar-refractivity contribution < 1.29 is 14.7 Å². The first-order valence-corrected chi connectivity index (χ1v) is 7.97. The summed E-state index contributed by atoms with van der Waals surface area (Å²) >= 11 is 9.01. The van der Waals surface area contributed by atoms with Crippen LogP contribution in [0.4, 0.5) is 5.69 Å². The molecule has 0 spiro atoms. The minimum Gasteiger partial charge on any atom is -0.507 e. The average Bonchev–Trinajstić information content (AvgIpc) is 2.53. The van der Waals surface area contributed by atoms with Gasteiger partial charge in [0.1, 0.15) is 12.2 Å². The Morgan fingerprint density at radius 1 is 1.17 bits per heavy atom. The predicted octanol–water partition coefficient (Wildman–Crippen LogP) is 3.29. The lowest BCUT2D eigenvalue weighted by Gasteiger charge is -2.04. The Kier molecular flexibility index (Phi) is 6.34. The highest BCUT2D eigenvalue weighted by Gasteiger charge is 2.09. The van der Waals surface area contributed by atoms with Crippen molar-refractivity contribution in [2.45, 2.75) is 6.42 Å². The van der Waals surface area contributed by atoms with E-state index in [0.29, 0.717) is 16.3 Å². The van der Waals surface area contributed by atoms with Crippen LogP contribution in [0.25, 0.3) is 0 Å². The van der Waals surface area contributed by atoms with Crippen molar-refractivity contribution in [2.75, 3.05) is 5.32 Å². The molecular weight excluding hydrogens is 398 g/mol. The first kappa shape index (κ1) is 18.0. The molecule has 2 amide bonds. The topological polar surface area (TPSA) is 90.8 Å². The molecule has 124 valence electrons. The summed E-state index contributed by atoms with van der Waals surface area (Å²) in [5.41, 5.74) is 3.19. The minimum atomic E-state index is -0.577. The first-order chi connectivity index (χ1) is 11.4. The van der Waals surface area contributed by atoms with E-state index in [9.17, 15) is 14.7 Å². The van der Waals surface area contributed by atoms with Crippen LogP contribution in [-0.4, -0.2) is 23.1 Å². The molecule has 2 rings (SSSR count). The standard InChI is InChI=1S/C16H13BrClN3O3/c17-11-1-6-14(22)10(7-11)9-19-21-16(24)8-15(23)20-13-4-2-12(18)3-5-13/h1-7,9,22H,8H2,(H,20,23)(H,21,24)/b19-9+. The molecule has 2 aromatic carbocycles. The van der Waals surface area contributed by atoms with Crippen molar-refractivity contribution in [3.05, 3.63) is 57.5 Å². The minimum absolute atomic E-state index is 0.0247. The lowest BCUT2D eigenvalue weighted by molar-refractivity contribution is -0.126. The molecule has 24 heavy (non-hydrogen) atoms. The maximum absolute atomic E-state index is 11.7. The Hall–Kier alpha value is -2.38. The van der Waals surface area contributed by atoms with Gasteiger partial charge in [0.2, 0.25) is 11.8 Å². The third kappa shape index (κ3) is 5.68. The number of phenolic OH excluding ortho intramolecular Hbond substituents is 1. The van der Waals surface area contributed by atoms with Crippen molar-refractivity contribution in [2.24, 2.45) is 5.10 Å². The molecule has 3 N–H and O–H groups in total. The number of anilines is 1. The van der Waals surface area contributed by atoms with Crippen LogP contribution in [0.3, 0.4) is 0 Å². The van der Waals surface area contributed by atoms with Gasteiger partial charge in [-0.05, 0) is 42.5 Å². The van der Waals surface area contributed by atoms with E-state index >= 15 is 0 Å². The van der Waals surface area contributed by atoms with E-state index in [1.54, 1.807) is 36.4 Å². The zero-order valence-electron chi connectivity index (χ0n) is 12.3. The molecule has 0 aliphatic rings. The second kappa shape index (κ2) is 8.47. The highest BCUT2D eigenvalue weighted by atomic mass is 79.9. The van der Waals surface area contributed by atoms with E-state index in [4.69, 9.17) is 11.6 Å². The van der Waals surface area contributed by atoms with E-state index in [0.717, 1.165) is 4.47 Å². The van der Waals surface area contributed by atoms with Crippen molar-refractivity contribution in [1.82, 2.24) is 5.43 Å². The lowest BCUT2D eigenvalue weighted by atomic mass is 10.2. The second-order valence-corrected chi connectivity index (χ2v) is 6.08. The number of carbonyl (C=O) groups is 2. The number of benzene rings is 2. The number of aromatic hydroxyl groups is 1. The van der Waals surface area contributed by atoms with Crippen LogP contribution in [0.15, 0.2) is 52.0 Å². The number of phenols is 1. The Bertz CT molecular complexity index is 779. The van der Waals surface area contributed by atoms with Gasteiger partial charge in [0, 0.05) is 20.7 Å². The molecule has 0 unspecified atom stereocenters. The quantitative estimate of drug-likeness (QED) is 0.401. The number of nitrogens with zero attached hydrogens (tertiary/aromatic N) is 1. The monoisotopic (exact) mass is 409 g/mol. The molecule has 0 aromatic heterocycles. The molecule has 0 fully saturated rings. The highest BCUT2D eigenvalue weighted by Crippen LogP contribution is 2.19. The fourth-order valence-corrected chi connectivity index (χ4v) is 2.23. The molecule has 8 heteroatoms. The normalized spacial score (nSPS) is 10.6. The van der Waals surface area contributed by atoms with Gasteiger partial charge in [0.15, 0.2) is 0 Å². The summed E-state index contributed by atoms with van der Waals surface area (Å²) in [5.74, 6) is -1.03. The molecular formula is C16H13BrClN3O3. The summed E-state index contributed by atoms with van der Waals surface area (Å²) in [6.07, 6.45) is 0.902. The van der Waals surface area contributed by atoms with Crippen LogP contribution >= 0.6 is 27.5 Å². The molecule has 0 atom stereocenters. The van der Waals surface area contributed by atoms with E-state index in [-0.39, 0.29) is 12.2 Å². The molecule has 6 nitrogen and oxygen atoms in total. The van der Waals surface area contributed by atoms with Gasteiger partial charge in [-0.3, -0.25) is 9.59 Å². The van der Waals surface area contributed by atoms with Crippen molar-refractivity contribution >= 4 is 51.2 Å². The van der Waals surface area contributed by atoms with Gasteiger partial charge < -0.3 is 10.4 Å². The SMILES string of the molecule is O=C(CC(=O)Nc1ccc(Cl)cc1)N/N=C/c1cc(Br)ccc1O. The predicted molar refractivity (Wildman–Crippen MR) is 96.2 cm³/mol. The Morgan fingerprint density at radius 2 is 1.88 bits per heavy atom. The molecule has 0 heterocycles. The molecule has 0 bridgehead atoms. The summed E-state index contributed by atoms with van der Waals surface area (Å²) in [5, 5.41) is 16.5. The van der Waals surface area contributed by atoms with E-state index in [1.165, 1.54) is 12.3 Å². The smallest absolute Gasteiger partial charge is 0.249 e. The molecule has 0 radical (unpaired) electrons. The largest absolute Gasteiger partial charge is 0.507 e. The van der Waals surface area contributed by atoms with Gasteiger partial charge in [-0.15, -0.1) is 0 Å². The number of amides is 2. The molecule has 0 aliphatic carbocycles. The summed E-state index contributed by atoms with van der Waals surface area (Å²) in [6.45, 7) is 0. The van der Waals surface area contributed by atoms with Gasteiger partial charge in [-0.25, -0.2) is 5.43 Å². The van der Waals surface area contributed by atoms with Crippen LogP contribution in [0.2, 0.25) is 5.02 Å². The van der Waals surface area contributed by atoms with Gasteiger partial charge >= 0.3 is 0 Å². The van der Waals surface area contributed by atoms with Gasteiger partial charge in [-0.1, -0.05) is 27.5 Å². The van der Waals surface area contributed by atoms with Gasteiger partial charge in [0.25, 0.3) is 0 Å². The Morgan fingerprint density at radius 3 is 2.58 bits per heavy atom. The maximum atomic E-state index is 11.7. The van der Waals surface area contributed by atoms with E-state index in [2.05, 4.69) is 31.8 Å². The van der Waals surface area contributed by atoms with E-state index in [1.807, 2.05) is 0 Å². The van der Waals surface area contributed by atoms with Gasteiger partial charge in [-0.2, -0.15) is 5.10 Å². The number of halogens is 2. The van der Waals surface area contributed by atoms with Crippen LogP contribution in [-0.2, 0) is 9.59 Å².